The smallest absolute Gasteiger partial charge is 0.131 e. The number of hydrogen-bond acceptors (Lipinski definition) is 2. The van der Waals surface area contributed by atoms with Gasteiger partial charge in [-0.3, -0.25) is 0 Å². The van der Waals surface area contributed by atoms with Crippen LogP contribution in [-0.2, 0) is 6.42 Å². The molecule has 3 N–H and O–H groups in total. The van der Waals surface area contributed by atoms with Crippen LogP contribution in [0.4, 0.5) is 4.39 Å². The van der Waals surface area contributed by atoms with Gasteiger partial charge in [-0.2, -0.15) is 0 Å². The molecule has 0 radical (unpaired) electrons. The SMILES string of the molecule is CC1(C)CCC(N)(Cc2ccc(-c3ccc4nc[nH]c4c3)c(F)c2)CC1. The van der Waals surface area contributed by atoms with Gasteiger partial charge >= 0.3 is 0 Å². The van der Waals surface area contributed by atoms with Crippen molar-refractivity contribution in [1.29, 1.82) is 0 Å². The van der Waals surface area contributed by atoms with Crippen LogP contribution in [-0.4, -0.2) is 15.5 Å². The standard InChI is InChI=1S/C22H26FN3/c1-21(2)7-9-22(24,10-8-21)13-15-3-5-17(18(23)11-15)16-4-6-19-20(12-16)26-14-25-19/h3-6,11-12,14H,7-10,13,24H2,1-2H3,(H,25,26). The predicted molar refractivity (Wildman–Crippen MR) is 104 cm³/mol. The summed E-state index contributed by atoms with van der Waals surface area (Å²) in [6.45, 7) is 4.61. The van der Waals surface area contributed by atoms with E-state index in [1.54, 1.807) is 12.4 Å². The van der Waals surface area contributed by atoms with Crippen LogP contribution in [0.1, 0.15) is 45.1 Å². The van der Waals surface area contributed by atoms with Crippen molar-refractivity contribution in [3.05, 3.63) is 54.1 Å². The molecule has 0 spiro atoms. The Bertz CT molecular complexity index is 931. The van der Waals surface area contributed by atoms with Gasteiger partial charge in [0.25, 0.3) is 0 Å². The first kappa shape index (κ1) is 17.2. The molecule has 4 rings (SSSR count). The quantitative estimate of drug-likeness (QED) is 0.680. The number of aromatic nitrogens is 2. The molecule has 0 unspecified atom stereocenters. The van der Waals surface area contributed by atoms with Gasteiger partial charge in [0.15, 0.2) is 0 Å². The van der Waals surface area contributed by atoms with Gasteiger partial charge in [-0.25, -0.2) is 9.37 Å². The first-order valence-corrected chi connectivity index (χ1v) is 9.35. The number of aromatic amines is 1. The molecule has 1 aliphatic carbocycles. The van der Waals surface area contributed by atoms with E-state index in [-0.39, 0.29) is 11.4 Å². The minimum atomic E-state index is -0.210. The zero-order valence-electron chi connectivity index (χ0n) is 15.5. The number of H-pyrrole nitrogens is 1. The van der Waals surface area contributed by atoms with Crippen molar-refractivity contribution in [2.24, 2.45) is 11.1 Å². The van der Waals surface area contributed by atoms with Crippen LogP contribution in [0, 0.1) is 11.2 Å². The van der Waals surface area contributed by atoms with Gasteiger partial charge in [-0.05, 0) is 66.8 Å². The first-order valence-electron chi connectivity index (χ1n) is 9.35. The summed E-state index contributed by atoms with van der Waals surface area (Å²) >= 11 is 0. The monoisotopic (exact) mass is 351 g/mol. The normalized spacial score (nSPS) is 18.9. The molecule has 0 aliphatic heterocycles. The van der Waals surface area contributed by atoms with Crippen molar-refractivity contribution in [1.82, 2.24) is 9.97 Å². The molecule has 4 heteroatoms. The molecule has 0 atom stereocenters. The summed E-state index contributed by atoms with van der Waals surface area (Å²) < 4.78 is 14.8. The van der Waals surface area contributed by atoms with E-state index in [0.717, 1.165) is 54.3 Å². The second kappa shape index (κ2) is 6.20. The van der Waals surface area contributed by atoms with Crippen molar-refractivity contribution in [3.8, 4) is 11.1 Å². The van der Waals surface area contributed by atoms with E-state index < -0.39 is 0 Å². The topological polar surface area (TPSA) is 54.7 Å². The lowest BCUT2D eigenvalue weighted by Crippen LogP contribution is -2.46. The molecule has 26 heavy (non-hydrogen) atoms. The third-order valence-electron chi connectivity index (χ3n) is 5.92. The van der Waals surface area contributed by atoms with Gasteiger partial charge in [0.05, 0.1) is 17.4 Å². The highest BCUT2D eigenvalue weighted by Gasteiger charge is 2.35. The fourth-order valence-corrected chi connectivity index (χ4v) is 4.01. The molecule has 1 saturated carbocycles. The Kier molecular flexibility index (Phi) is 4.11. The summed E-state index contributed by atoms with van der Waals surface area (Å²) in [6, 6.07) is 11.3. The summed E-state index contributed by atoms with van der Waals surface area (Å²) in [7, 11) is 0. The number of benzene rings is 2. The zero-order chi connectivity index (χ0) is 18.4. The number of nitrogens with zero attached hydrogens (tertiary/aromatic N) is 1. The van der Waals surface area contributed by atoms with E-state index in [1.165, 1.54) is 0 Å². The highest BCUT2D eigenvalue weighted by Crippen LogP contribution is 2.40. The highest BCUT2D eigenvalue weighted by molar-refractivity contribution is 5.81. The molecule has 3 aromatic rings. The maximum atomic E-state index is 14.8. The molecular formula is C22H26FN3. The number of rotatable bonds is 3. The molecule has 0 bridgehead atoms. The van der Waals surface area contributed by atoms with Gasteiger partial charge in [0.2, 0.25) is 0 Å². The summed E-state index contributed by atoms with van der Waals surface area (Å²) in [5, 5.41) is 0. The lowest BCUT2D eigenvalue weighted by Gasteiger charge is -2.41. The first-order chi connectivity index (χ1) is 12.3. The number of fused-ring (bicyclic) bond motifs is 1. The summed E-state index contributed by atoms with van der Waals surface area (Å²) in [6.07, 6.45) is 6.65. The average Bonchev–Trinajstić information content (AvgIpc) is 3.06. The predicted octanol–water partition coefficient (Wildman–Crippen LogP) is 5.21. The van der Waals surface area contributed by atoms with Gasteiger partial charge < -0.3 is 10.7 Å². The Labute approximate surface area is 153 Å². The largest absolute Gasteiger partial charge is 0.345 e. The zero-order valence-corrected chi connectivity index (χ0v) is 15.5. The lowest BCUT2D eigenvalue weighted by atomic mass is 9.68. The number of nitrogens with two attached hydrogens (primary N) is 1. The second-order valence-corrected chi connectivity index (χ2v) is 8.65. The number of imidazole rings is 1. The molecule has 1 heterocycles. The summed E-state index contributed by atoms with van der Waals surface area (Å²) in [4.78, 5) is 7.29. The maximum Gasteiger partial charge on any atom is 0.131 e. The lowest BCUT2D eigenvalue weighted by molar-refractivity contribution is 0.164. The fourth-order valence-electron chi connectivity index (χ4n) is 4.01. The molecule has 1 fully saturated rings. The molecule has 1 aliphatic rings. The number of hydrogen-bond donors (Lipinski definition) is 2. The van der Waals surface area contributed by atoms with E-state index in [2.05, 4.69) is 23.8 Å². The van der Waals surface area contributed by atoms with E-state index in [1.807, 2.05) is 30.3 Å². The Morgan fingerprint density at radius 2 is 1.85 bits per heavy atom. The van der Waals surface area contributed by atoms with E-state index >= 15 is 0 Å². The van der Waals surface area contributed by atoms with Gasteiger partial charge in [-0.1, -0.05) is 32.0 Å². The molecule has 136 valence electrons. The van der Waals surface area contributed by atoms with Crippen LogP contribution < -0.4 is 5.73 Å². The van der Waals surface area contributed by atoms with Crippen LogP contribution >= 0.6 is 0 Å². The van der Waals surface area contributed by atoms with Crippen molar-refractivity contribution >= 4 is 11.0 Å². The molecule has 3 nitrogen and oxygen atoms in total. The van der Waals surface area contributed by atoms with Crippen molar-refractivity contribution in [2.75, 3.05) is 0 Å². The minimum absolute atomic E-state index is 0.193. The molecule has 1 aromatic heterocycles. The van der Waals surface area contributed by atoms with Crippen molar-refractivity contribution < 1.29 is 4.39 Å². The van der Waals surface area contributed by atoms with Crippen LogP contribution in [0.5, 0.6) is 0 Å². The van der Waals surface area contributed by atoms with Gasteiger partial charge in [0.1, 0.15) is 5.82 Å². The van der Waals surface area contributed by atoms with Crippen molar-refractivity contribution in [3.63, 3.8) is 0 Å². The van der Waals surface area contributed by atoms with Crippen LogP contribution in [0.2, 0.25) is 0 Å². The van der Waals surface area contributed by atoms with E-state index in [9.17, 15) is 4.39 Å². The third kappa shape index (κ3) is 3.38. The van der Waals surface area contributed by atoms with Crippen molar-refractivity contribution in [2.45, 2.75) is 51.5 Å². The van der Waals surface area contributed by atoms with Gasteiger partial charge in [-0.15, -0.1) is 0 Å². The Balaban J connectivity index is 1.56. The van der Waals surface area contributed by atoms with E-state index in [0.29, 0.717) is 11.0 Å². The molecular weight excluding hydrogens is 325 g/mol. The fraction of sp³-hybridized carbons (Fsp3) is 0.409. The third-order valence-corrected chi connectivity index (χ3v) is 5.92. The number of halogens is 1. The Morgan fingerprint density at radius 1 is 1.08 bits per heavy atom. The summed E-state index contributed by atoms with van der Waals surface area (Å²) in [5.74, 6) is -0.193. The molecule has 2 aromatic carbocycles. The Morgan fingerprint density at radius 3 is 2.58 bits per heavy atom. The van der Waals surface area contributed by atoms with Gasteiger partial charge in [0, 0.05) is 11.1 Å². The molecule has 0 saturated heterocycles. The van der Waals surface area contributed by atoms with E-state index in [4.69, 9.17) is 5.73 Å². The maximum absolute atomic E-state index is 14.8. The average molecular weight is 351 g/mol. The van der Waals surface area contributed by atoms with Crippen LogP contribution in [0.3, 0.4) is 0 Å². The van der Waals surface area contributed by atoms with Crippen LogP contribution in [0.25, 0.3) is 22.2 Å². The minimum Gasteiger partial charge on any atom is -0.345 e. The Hall–Kier alpha value is -2.20. The second-order valence-electron chi connectivity index (χ2n) is 8.65. The molecule has 0 amide bonds. The highest BCUT2D eigenvalue weighted by atomic mass is 19.1. The summed E-state index contributed by atoms with van der Waals surface area (Å²) in [5.41, 5.74) is 11.0. The van der Waals surface area contributed by atoms with Crippen LogP contribution in [0.15, 0.2) is 42.7 Å². The number of nitrogens with one attached hydrogen (secondary N) is 1.